The summed E-state index contributed by atoms with van der Waals surface area (Å²) in [5.74, 6) is 0.713. The predicted octanol–water partition coefficient (Wildman–Crippen LogP) is 2.85. The Morgan fingerprint density at radius 3 is 2.24 bits per heavy atom. The summed E-state index contributed by atoms with van der Waals surface area (Å²) in [6.07, 6.45) is 2.55. The highest BCUT2D eigenvalue weighted by molar-refractivity contribution is 5.99. The Balaban J connectivity index is 1.56. The molecule has 0 saturated carbocycles. The van der Waals surface area contributed by atoms with Gasteiger partial charge in [-0.3, -0.25) is 19.8 Å². The molecule has 2 heterocycles. The van der Waals surface area contributed by atoms with Crippen molar-refractivity contribution in [1.29, 1.82) is 0 Å². The minimum absolute atomic E-state index is 0.221. The first-order chi connectivity index (χ1) is 11.8. The average molecular weight is 344 g/mol. The molecule has 2 fully saturated rings. The second-order valence-corrected chi connectivity index (χ2v) is 8.06. The molecule has 1 aromatic carbocycles. The van der Waals surface area contributed by atoms with Gasteiger partial charge in [0.05, 0.1) is 0 Å². The molecule has 0 unspecified atom stereocenters. The molecule has 5 nitrogen and oxygen atoms in total. The van der Waals surface area contributed by atoms with E-state index in [1.807, 2.05) is 12.1 Å². The molecule has 0 bridgehead atoms. The fourth-order valence-electron chi connectivity index (χ4n) is 3.65. The lowest BCUT2D eigenvalue weighted by Gasteiger charge is -2.41. The first-order valence-corrected chi connectivity index (χ1v) is 9.18. The van der Waals surface area contributed by atoms with Crippen LogP contribution in [0.3, 0.4) is 0 Å². The van der Waals surface area contributed by atoms with Crippen molar-refractivity contribution in [2.45, 2.75) is 64.0 Å². The highest BCUT2D eigenvalue weighted by atomic mass is 16.5. The Labute approximate surface area is 149 Å². The maximum atomic E-state index is 11.8. The van der Waals surface area contributed by atoms with Gasteiger partial charge in [-0.2, -0.15) is 0 Å². The third kappa shape index (κ3) is 4.40. The quantitative estimate of drug-likeness (QED) is 0.857. The molecule has 0 radical (unpaired) electrons. The lowest BCUT2D eigenvalue weighted by molar-refractivity contribution is -0.138. The van der Waals surface area contributed by atoms with Crippen LogP contribution < -0.4 is 10.1 Å². The highest BCUT2D eigenvalue weighted by Crippen LogP contribution is 2.32. The van der Waals surface area contributed by atoms with Crippen LogP contribution >= 0.6 is 0 Å². The molecule has 2 amide bonds. The SMILES string of the molecule is CC(C)(C)N1CCC(c2ccc(O[C@@H]3CCC(=O)NC3=O)cc2)CC1. The fraction of sp³-hybridized carbons (Fsp3) is 0.600. The van der Waals surface area contributed by atoms with E-state index in [2.05, 4.69) is 43.1 Å². The Kier molecular flexibility index (Phi) is 5.13. The number of hydrogen-bond donors (Lipinski definition) is 1. The van der Waals surface area contributed by atoms with Crippen LogP contribution in [0.4, 0.5) is 0 Å². The topological polar surface area (TPSA) is 58.6 Å². The van der Waals surface area contributed by atoms with Gasteiger partial charge < -0.3 is 4.74 Å². The van der Waals surface area contributed by atoms with E-state index < -0.39 is 6.10 Å². The number of piperidine rings is 2. The van der Waals surface area contributed by atoms with Crippen molar-refractivity contribution in [2.75, 3.05) is 13.1 Å². The van der Waals surface area contributed by atoms with Gasteiger partial charge in [-0.25, -0.2) is 0 Å². The average Bonchev–Trinajstić information content (AvgIpc) is 2.57. The molecule has 0 aromatic heterocycles. The second kappa shape index (κ2) is 7.16. The van der Waals surface area contributed by atoms with Crippen molar-refractivity contribution < 1.29 is 14.3 Å². The molecule has 2 aliphatic rings. The fourth-order valence-corrected chi connectivity index (χ4v) is 3.65. The van der Waals surface area contributed by atoms with Crippen LogP contribution in [0.2, 0.25) is 0 Å². The second-order valence-electron chi connectivity index (χ2n) is 8.06. The van der Waals surface area contributed by atoms with Crippen molar-refractivity contribution in [3.63, 3.8) is 0 Å². The molecule has 2 saturated heterocycles. The van der Waals surface area contributed by atoms with Gasteiger partial charge in [0.15, 0.2) is 6.10 Å². The van der Waals surface area contributed by atoms with Gasteiger partial charge in [-0.05, 0) is 70.3 Å². The highest BCUT2D eigenvalue weighted by Gasteiger charge is 2.29. The zero-order valence-corrected chi connectivity index (χ0v) is 15.4. The first kappa shape index (κ1) is 17.9. The van der Waals surface area contributed by atoms with Crippen LogP contribution in [-0.2, 0) is 9.59 Å². The van der Waals surface area contributed by atoms with E-state index in [0.29, 0.717) is 24.5 Å². The van der Waals surface area contributed by atoms with E-state index in [1.165, 1.54) is 18.4 Å². The number of ether oxygens (including phenoxy) is 1. The third-order valence-electron chi connectivity index (χ3n) is 5.26. The van der Waals surface area contributed by atoms with E-state index in [1.54, 1.807) is 0 Å². The number of benzene rings is 1. The Morgan fingerprint density at radius 2 is 1.68 bits per heavy atom. The maximum Gasteiger partial charge on any atom is 0.267 e. The standard InChI is InChI=1S/C20H28N2O3/c1-20(2,3)22-12-10-15(11-13-22)14-4-6-16(7-5-14)25-17-8-9-18(23)21-19(17)24/h4-7,15,17H,8-13H2,1-3H3,(H,21,23,24)/t17-/m1/s1. The van der Waals surface area contributed by atoms with Crippen molar-refractivity contribution in [3.8, 4) is 5.75 Å². The van der Waals surface area contributed by atoms with E-state index in [4.69, 9.17) is 4.74 Å². The van der Waals surface area contributed by atoms with Crippen LogP contribution in [0, 0.1) is 0 Å². The van der Waals surface area contributed by atoms with Crippen LogP contribution in [-0.4, -0.2) is 41.4 Å². The molecule has 2 aliphatic heterocycles. The molecule has 1 N–H and O–H groups in total. The van der Waals surface area contributed by atoms with Gasteiger partial charge >= 0.3 is 0 Å². The van der Waals surface area contributed by atoms with Crippen LogP contribution in [0.5, 0.6) is 5.75 Å². The number of carbonyl (C=O) groups excluding carboxylic acids is 2. The van der Waals surface area contributed by atoms with Gasteiger partial charge in [0.1, 0.15) is 5.75 Å². The largest absolute Gasteiger partial charge is 0.481 e. The normalized spacial score (nSPS) is 23.4. The summed E-state index contributed by atoms with van der Waals surface area (Å²) in [5.41, 5.74) is 1.58. The first-order valence-electron chi connectivity index (χ1n) is 9.18. The number of amides is 2. The summed E-state index contributed by atoms with van der Waals surface area (Å²) in [5, 5.41) is 2.32. The van der Waals surface area contributed by atoms with Crippen LogP contribution in [0.1, 0.15) is 57.9 Å². The number of nitrogens with zero attached hydrogens (tertiary/aromatic N) is 1. The number of carbonyl (C=O) groups is 2. The smallest absolute Gasteiger partial charge is 0.267 e. The predicted molar refractivity (Wildman–Crippen MR) is 96.5 cm³/mol. The Morgan fingerprint density at radius 1 is 1.04 bits per heavy atom. The van der Waals surface area contributed by atoms with E-state index in [-0.39, 0.29) is 17.4 Å². The number of nitrogens with one attached hydrogen (secondary N) is 1. The number of hydrogen-bond acceptors (Lipinski definition) is 4. The van der Waals surface area contributed by atoms with Crippen LogP contribution in [0.25, 0.3) is 0 Å². The monoisotopic (exact) mass is 344 g/mol. The minimum atomic E-state index is -0.571. The molecular formula is C20H28N2O3. The molecule has 0 spiro atoms. The summed E-state index contributed by atoms with van der Waals surface area (Å²) >= 11 is 0. The summed E-state index contributed by atoms with van der Waals surface area (Å²) in [6, 6.07) is 8.10. The molecule has 0 aliphatic carbocycles. The van der Waals surface area contributed by atoms with Gasteiger partial charge in [-0.1, -0.05) is 12.1 Å². The maximum absolute atomic E-state index is 11.8. The van der Waals surface area contributed by atoms with Crippen molar-refractivity contribution >= 4 is 11.8 Å². The molecule has 1 aromatic rings. The van der Waals surface area contributed by atoms with Crippen molar-refractivity contribution in [3.05, 3.63) is 29.8 Å². The lowest BCUT2D eigenvalue weighted by atomic mass is 9.87. The van der Waals surface area contributed by atoms with E-state index >= 15 is 0 Å². The lowest BCUT2D eigenvalue weighted by Crippen LogP contribution is -2.46. The van der Waals surface area contributed by atoms with Crippen molar-refractivity contribution in [1.82, 2.24) is 10.2 Å². The summed E-state index contributed by atoms with van der Waals surface area (Å²) in [6.45, 7) is 9.07. The zero-order chi connectivity index (χ0) is 18.0. The molecule has 5 heteroatoms. The molecule has 1 atom stereocenters. The van der Waals surface area contributed by atoms with Crippen LogP contribution in [0.15, 0.2) is 24.3 Å². The minimum Gasteiger partial charge on any atom is -0.481 e. The summed E-state index contributed by atoms with van der Waals surface area (Å²) < 4.78 is 5.75. The van der Waals surface area contributed by atoms with Gasteiger partial charge in [0.25, 0.3) is 5.91 Å². The number of likely N-dealkylation sites (tertiary alicyclic amines) is 1. The number of imide groups is 1. The Hall–Kier alpha value is -1.88. The summed E-state index contributed by atoms with van der Waals surface area (Å²) in [4.78, 5) is 25.5. The summed E-state index contributed by atoms with van der Waals surface area (Å²) in [7, 11) is 0. The number of rotatable bonds is 3. The molecule has 25 heavy (non-hydrogen) atoms. The molecular weight excluding hydrogens is 316 g/mol. The molecule has 3 rings (SSSR count). The van der Waals surface area contributed by atoms with E-state index in [0.717, 1.165) is 13.1 Å². The van der Waals surface area contributed by atoms with E-state index in [9.17, 15) is 9.59 Å². The van der Waals surface area contributed by atoms with Gasteiger partial charge in [-0.15, -0.1) is 0 Å². The van der Waals surface area contributed by atoms with Gasteiger partial charge in [0.2, 0.25) is 5.91 Å². The Bertz CT molecular complexity index is 625. The van der Waals surface area contributed by atoms with Crippen molar-refractivity contribution in [2.24, 2.45) is 0 Å². The third-order valence-corrected chi connectivity index (χ3v) is 5.26. The zero-order valence-electron chi connectivity index (χ0n) is 15.4. The van der Waals surface area contributed by atoms with Gasteiger partial charge in [0, 0.05) is 18.4 Å². The molecule has 136 valence electrons.